The highest BCUT2D eigenvalue weighted by Gasteiger charge is 2.20. The Labute approximate surface area is 130 Å². The summed E-state index contributed by atoms with van der Waals surface area (Å²) in [5.41, 5.74) is 3.64. The van der Waals surface area contributed by atoms with Crippen LogP contribution in [0.1, 0.15) is 42.4 Å². The fourth-order valence-electron chi connectivity index (χ4n) is 2.83. The van der Waals surface area contributed by atoms with Crippen LogP contribution in [-0.2, 0) is 11.2 Å². The maximum atomic E-state index is 12.0. The first-order valence-electron chi connectivity index (χ1n) is 7.51. The molecule has 0 bridgehead atoms. The van der Waals surface area contributed by atoms with Gasteiger partial charge in [-0.1, -0.05) is 40.5 Å². The summed E-state index contributed by atoms with van der Waals surface area (Å²) in [6.07, 6.45) is 5.46. The molecule has 1 amide bonds. The van der Waals surface area contributed by atoms with E-state index in [1.807, 2.05) is 0 Å². The maximum Gasteiger partial charge on any atom is 0.224 e. The SMILES string of the molecule is Cc1ccc(CC(=O)NCC2CCCC(Br)C2)cc1C. The lowest BCUT2D eigenvalue weighted by atomic mass is 9.89. The van der Waals surface area contributed by atoms with E-state index in [9.17, 15) is 4.79 Å². The molecule has 1 saturated carbocycles. The van der Waals surface area contributed by atoms with Gasteiger partial charge in [0, 0.05) is 11.4 Å². The summed E-state index contributed by atoms with van der Waals surface area (Å²) in [6, 6.07) is 6.26. The number of carbonyl (C=O) groups excluding carboxylic acids is 1. The molecule has 20 heavy (non-hydrogen) atoms. The molecule has 0 aliphatic heterocycles. The number of alkyl halides is 1. The Hall–Kier alpha value is -0.830. The molecule has 1 aliphatic carbocycles. The van der Waals surface area contributed by atoms with Crippen molar-refractivity contribution in [3.05, 3.63) is 34.9 Å². The van der Waals surface area contributed by atoms with E-state index in [1.165, 1.54) is 36.8 Å². The lowest BCUT2D eigenvalue weighted by Crippen LogP contribution is -2.32. The van der Waals surface area contributed by atoms with Gasteiger partial charge in [0.25, 0.3) is 0 Å². The summed E-state index contributed by atoms with van der Waals surface area (Å²) >= 11 is 3.69. The molecule has 0 heterocycles. The molecule has 1 N–H and O–H groups in total. The van der Waals surface area contributed by atoms with Crippen molar-refractivity contribution in [1.82, 2.24) is 5.32 Å². The highest BCUT2D eigenvalue weighted by molar-refractivity contribution is 9.09. The molecule has 0 aromatic heterocycles. The topological polar surface area (TPSA) is 29.1 Å². The van der Waals surface area contributed by atoms with Crippen LogP contribution in [0.4, 0.5) is 0 Å². The molecular formula is C17H24BrNO. The number of carbonyl (C=O) groups is 1. The smallest absolute Gasteiger partial charge is 0.224 e. The minimum atomic E-state index is 0.143. The first kappa shape index (κ1) is 15.6. The molecule has 2 atom stereocenters. The third-order valence-electron chi connectivity index (χ3n) is 4.24. The predicted molar refractivity (Wildman–Crippen MR) is 87.3 cm³/mol. The van der Waals surface area contributed by atoms with Crippen LogP contribution < -0.4 is 5.32 Å². The lowest BCUT2D eigenvalue weighted by molar-refractivity contribution is -0.120. The number of aryl methyl sites for hydroxylation is 2. The van der Waals surface area contributed by atoms with Crippen molar-refractivity contribution in [2.75, 3.05) is 6.54 Å². The molecule has 0 spiro atoms. The minimum absolute atomic E-state index is 0.143. The average molecular weight is 338 g/mol. The van der Waals surface area contributed by atoms with Gasteiger partial charge < -0.3 is 5.32 Å². The number of nitrogens with one attached hydrogen (secondary N) is 1. The van der Waals surface area contributed by atoms with Crippen LogP contribution in [0.3, 0.4) is 0 Å². The van der Waals surface area contributed by atoms with Gasteiger partial charge in [-0.05, 0) is 55.7 Å². The first-order chi connectivity index (χ1) is 9.54. The van der Waals surface area contributed by atoms with Gasteiger partial charge in [-0.25, -0.2) is 0 Å². The van der Waals surface area contributed by atoms with Crippen LogP contribution >= 0.6 is 15.9 Å². The largest absolute Gasteiger partial charge is 0.356 e. The Morgan fingerprint density at radius 1 is 1.30 bits per heavy atom. The van der Waals surface area contributed by atoms with E-state index in [0.717, 1.165) is 12.1 Å². The Morgan fingerprint density at radius 2 is 2.10 bits per heavy atom. The molecule has 2 unspecified atom stereocenters. The highest BCUT2D eigenvalue weighted by Crippen LogP contribution is 2.28. The fraction of sp³-hybridized carbons (Fsp3) is 0.588. The summed E-state index contributed by atoms with van der Waals surface area (Å²) in [5, 5.41) is 3.10. The van der Waals surface area contributed by atoms with Crippen LogP contribution in [0, 0.1) is 19.8 Å². The van der Waals surface area contributed by atoms with Crippen molar-refractivity contribution in [2.45, 2.75) is 50.8 Å². The third-order valence-corrected chi connectivity index (χ3v) is 5.07. The summed E-state index contributed by atoms with van der Waals surface area (Å²) in [5.74, 6) is 0.779. The van der Waals surface area contributed by atoms with E-state index in [-0.39, 0.29) is 5.91 Å². The summed E-state index contributed by atoms with van der Waals surface area (Å²) < 4.78 is 0. The lowest BCUT2D eigenvalue weighted by Gasteiger charge is -2.25. The van der Waals surface area contributed by atoms with E-state index in [4.69, 9.17) is 0 Å². The quantitative estimate of drug-likeness (QED) is 0.829. The first-order valence-corrected chi connectivity index (χ1v) is 8.43. The third kappa shape index (κ3) is 4.62. The summed E-state index contributed by atoms with van der Waals surface area (Å²) in [4.78, 5) is 12.6. The normalized spacial score (nSPS) is 22.6. The van der Waals surface area contributed by atoms with Gasteiger partial charge in [0.2, 0.25) is 5.91 Å². The molecule has 110 valence electrons. The molecule has 0 radical (unpaired) electrons. The molecule has 2 nitrogen and oxygen atoms in total. The van der Waals surface area contributed by atoms with Gasteiger partial charge in [0.15, 0.2) is 0 Å². The van der Waals surface area contributed by atoms with E-state index < -0.39 is 0 Å². The maximum absolute atomic E-state index is 12.0. The molecule has 1 aromatic rings. The van der Waals surface area contributed by atoms with Gasteiger partial charge in [-0.3, -0.25) is 4.79 Å². The second kappa shape index (κ2) is 7.26. The van der Waals surface area contributed by atoms with Gasteiger partial charge in [-0.15, -0.1) is 0 Å². The van der Waals surface area contributed by atoms with Crippen LogP contribution in [0.15, 0.2) is 18.2 Å². The molecule has 1 aliphatic rings. The van der Waals surface area contributed by atoms with Crippen molar-refractivity contribution in [1.29, 1.82) is 0 Å². The fourth-order valence-corrected chi connectivity index (χ4v) is 3.68. The standard InChI is InChI=1S/C17H24BrNO/c1-12-6-7-14(8-13(12)2)10-17(20)19-11-15-4-3-5-16(18)9-15/h6-8,15-16H,3-5,9-11H2,1-2H3,(H,19,20). The molecule has 2 rings (SSSR count). The molecule has 3 heteroatoms. The highest BCUT2D eigenvalue weighted by atomic mass is 79.9. The van der Waals surface area contributed by atoms with Gasteiger partial charge in [-0.2, -0.15) is 0 Å². The summed E-state index contributed by atoms with van der Waals surface area (Å²) in [7, 11) is 0. The second-order valence-corrected chi connectivity index (χ2v) is 7.32. The van der Waals surface area contributed by atoms with Gasteiger partial charge in [0.1, 0.15) is 0 Å². The zero-order valence-corrected chi connectivity index (χ0v) is 14.0. The Morgan fingerprint density at radius 3 is 2.80 bits per heavy atom. The molecule has 1 fully saturated rings. The second-order valence-electron chi connectivity index (χ2n) is 6.03. The van der Waals surface area contributed by atoms with E-state index in [1.54, 1.807) is 0 Å². The Balaban J connectivity index is 1.78. The number of benzene rings is 1. The number of rotatable bonds is 4. The van der Waals surface area contributed by atoms with Gasteiger partial charge >= 0.3 is 0 Å². The minimum Gasteiger partial charge on any atom is -0.356 e. The van der Waals surface area contributed by atoms with Crippen molar-refractivity contribution < 1.29 is 4.79 Å². The summed E-state index contributed by atoms with van der Waals surface area (Å²) in [6.45, 7) is 5.01. The number of hydrogen-bond acceptors (Lipinski definition) is 1. The zero-order chi connectivity index (χ0) is 14.5. The molecule has 0 saturated heterocycles. The zero-order valence-electron chi connectivity index (χ0n) is 12.4. The Kier molecular flexibility index (Phi) is 5.64. The number of halogens is 1. The van der Waals surface area contributed by atoms with E-state index in [2.05, 4.69) is 53.3 Å². The van der Waals surface area contributed by atoms with Crippen molar-refractivity contribution in [2.24, 2.45) is 5.92 Å². The molecule has 1 aromatic carbocycles. The van der Waals surface area contributed by atoms with Crippen molar-refractivity contribution >= 4 is 21.8 Å². The number of amides is 1. The van der Waals surface area contributed by atoms with Crippen molar-refractivity contribution in [3.8, 4) is 0 Å². The van der Waals surface area contributed by atoms with Crippen LogP contribution in [0.5, 0.6) is 0 Å². The van der Waals surface area contributed by atoms with Gasteiger partial charge in [0.05, 0.1) is 6.42 Å². The average Bonchev–Trinajstić information content (AvgIpc) is 2.41. The predicted octanol–water partition coefficient (Wildman–Crippen LogP) is 3.92. The van der Waals surface area contributed by atoms with E-state index >= 15 is 0 Å². The van der Waals surface area contributed by atoms with Crippen molar-refractivity contribution in [3.63, 3.8) is 0 Å². The Bertz CT molecular complexity index is 472. The molecular weight excluding hydrogens is 314 g/mol. The van der Waals surface area contributed by atoms with Crippen LogP contribution in [-0.4, -0.2) is 17.3 Å². The number of hydrogen-bond donors (Lipinski definition) is 1. The van der Waals surface area contributed by atoms with E-state index in [0.29, 0.717) is 17.2 Å². The van der Waals surface area contributed by atoms with Crippen LogP contribution in [0.2, 0.25) is 0 Å². The van der Waals surface area contributed by atoms with Crippen LogP contribution in [0.25, 0.3) is 0 Å². The monoisotopic (exact) mass is 337 g/mol.